The molecule has 0 amide bonds. The highest BCUT2D eigenvalue weighted by atomic mass is 16.6. The molecule has 1 aromatic carbocycles. The number of carbonyl (C=O) groups is 1. The molecule has 0 aliphatic carbocycles. The Bertz CT molecular complexity index is 744. The summed E-state index contributed by atoms with van der Waals surface area (Å²) in [6.07, 6.45) is 2.32. The van der Waals surface area contributed by atoms with Crippen LogP contribution < -0.4 is 0 Å². The molecule has 108 valence electrons. The summed E-state index contributed by atoms with van der Waals surface area (Å²) in [6.45, 7) is 3.70. The van der Waals surface area contributed by atoms with E-state index in [0.717, 1.165) is 23.2 Å². The van der Waals surface area contributed by atoms with Crippen LogP contribution in [0.2, 0.25) is 0 Å². The summed E-state index contributed by atoms with van der Waals surface area (Å²) >= 11 is 0. The molecular weight excluding hydrogens is 272 g/mol. The van der Waals surface area contributed by atoms with Crippen molar-refractivity contribution < 1.29 is 14.8 Å². The minimum atomic E-state index is -0.993. The summed E-state index contributed by atoms with van der Waals surface area (Å²) in [5, 5.41) is 19.5. The topological polar surface area (TPSA) is 85.4 Å². The summed E-state index contributed by atoms with van der Waals surface area (Å²) in [5.74, 6) is -0.993. The average Bonchev–Trinajstić information content (AvgIpc) is 2.71. The zero-order valence-electron chi connectivity index (χ0n) is 11.6. The molecule has 0 unspecified atom stereocenters. The van der Waals surface area contributed by atoms with Gasteiger partial charge >= 0.3 is 5.97 Å². The van der Waals surface area contributed by atoms with Crippen molar-refractivity contribution in [1.29, 1.82) is 0 Å². The summed E-state index contributed by atoms with van der Waals surface area (Å²) in [5.41, 5.74) is 3.32. The van der Waals surface area contributed by atoms with Crippen LogP contribution in [0.25, 0.3) is 11.8 Å². The number of benzene rings is 1. The van der Waals surface area contributed by atoms with E-state index < -0.39 is 10.9 Å². The van der Waals surface area contributed by atoms with Gasteiger partial charge < -0.3 is 9.67 Å². The lowest BCUT2D eigenvalue weighted by Gasteiger charge is -2.10. The highest BCUT2D eigenvalue weighted by Gasteiger charge is 2.11. The lowest BCUT2D eigenvalue weighted by atomic mass is 10.2. The molecule has 0 saturated heterocycles. The van der Waals surface area contributed by atoms with Crippen LogP contribution in [0.1, 0.15) is 27.3 Å². The van der Waals surface area contributed by atoms with Crippen molar-refractivity contribution in [3.63, 3.8) is 0 Å². The molecule has 0 saturated carbocycles. The molecule has 2 aromatic rings. The minimum Gasteiger partial charge on any atom is -0.478 e. The fourth-order valence-electron chi connectivity index (χ4n) is 2.27. The van der Waals surface area contributed by atoms with Crippen LogP contribution in [0.4, 0.5) is 0 Å². The number of carboxylic acids is 1. The van der Waals surface area contributed by atoms with Gasteiger partial charge in [0.2, 0.25) is 6.20 Å². The normalized spacial score (nSPS) is 11.0. The lowest BCUT2D eigenvalue weighted by molar-refractivity contribution is -0.400. The number of aryl methyl sites for hydroxylation is 1. The maximum atomic E-state index is 11.0. The predicted molar refractivity (Wildman–Crippen MR) is 78.2 cm³/mol. The van der Waals surface area contributed by atoms with E-state index in [1.165, 1.54) is 12.1 Å². The fraction of sp³-hybridized carbons (Fsp3) is 0.133. The van der Waals surface area contributed by atoms with Gasteiger partial charge in [0, 0.05) is 28.7 Å². The lowest BCUT2D eigenvalue weighted by Crippen LogP contribution is -2.02. The zero-order chi connectivity index (χ0) is 15.6. The van der Waals surface area contributed by atoms with Gasteiger partial charge in [-0.2, -0.15) is 0 Å². The Hall–Kier alpha value is -2.89. The Morgan fingerprint density at radius 2 is 2.05 bits per heavy atom. The van der Waals surface area contributed by atoms with E-state index in [1.54, 1.807) is 18.2 Å². The van der Waals surface area contributed by atoms with Crippen LogP contribution >= 0.6 is 0 Å². The summed E-state index contributed by atoms with van der Waals surface area (Å²) in [6, 6.07) is 8.39. The van der Waals surface area contributed by atoms with E-state index in [0.29, 0.717) is 5.69 Å². The molecule has 0 fully saturated rings. The molecular formula is C15H14N2O4. The van der Waals surface area contributed by atoms with Crippen LogP contribution in [0.3, 0.4) is 0 Å². The number of hydrogen-bond donors (Lipinski definition) is 1. The standard InChI is InChI=1S/C15H14N2O4/c1-10-8-12(6-7-16(20)21)11(2)17(10)14-5-3-4-13(9-14)15(18)19/h3-9H,1-2H3,(H,18,19)/b7-6+. The molecule has 0 aliphatic rings. The molecule has 0 spiro atoms. The summed E-state index contributed by atoms with van der Waals surface area (Å²) in [7, 11) is 0. The third-order valence-electron chi connectivity index (χ3n) is 3.20. The van der Waals surface area contributed by atoms with E-state index in [-0.39, 0.29) is 5.56 Å². The van der Waals surface area contributed by atoms with Crippen molar-refractivity contribution >= 4 is 12.0 Å². The zero-order valence-corrected chi connectivity index (χ0v) is 11.6. The number of hydrogen-bond acceptors (Lipinski definition) is 3. The Kier molecular flexibility index (Phi) is 3.89. The third-order valence-corrected chi connectivity index (χ3v) is 3.20. The maximum Gasteiger partial charge on any atom is 0.335 e. The van der Waals surface area contributed by atoms with Crippen molar-refractivity contribution in [2.45, 2.75) is 13.8 Å². The Morgan fingerprint density at radius 3 is 2.67 bits per heavy atom. The molecule has 6 nitrogen and oxygen atoms in total. The molecule has 1 aromatic heterocycles. The van der Waals surface area contributed by atoms with Crippen molar-refractivity contribution in [2.75, 3.05) is 0 Å². The molecule has 0 aliphatic heterocycles. The molecule has 21 heavy (non-hydrogen) atoms. The first kappa shape index (κ1) is 14.5. The first-order valence-corrected chi connectivity index (χ1v) is 6.24. The first-order chi connectivity index (χ1) is 9.90. The molecule has 0 bridgehead atoms. The molecule has 0 atom stereocenters. The first-order valence-electron chi connectivity index (χ1n) is 6.24. The number of aromatic carboxylic acids is 1. The summed E-state index contributed by atoms with van der Waals surface area (Å²) < 4.78 is 1.87. The fourth-order valence-corrected chi connectivity index (χ4v) is 2.27. The van der Waals surface area contributed by atoms with Gasteiger partial charge in [-0.15, -0.1) is 0 Å². The average molecular weight is 286 g/mol. The van der Waals surface area contributed by atoms with Gasteiger partial charge in [0.15, 0.2) is 0 Å². The second-order valence-corrected chi connectivity index (χ2v) is 4.62. The van der Waals surface area contributed by atoms with Crippen LogP contribution in [-0.2, 0) is 0 Å². The third kappa shape index (κ3) is 3.00. The van der Waals surface area contributed by atoms with Gasteiger partial charge in [-0.3, -0.25) is 10.1 Å². The van der Waals surface area contributed by atoms with Gasteiger partial charge in [0.1, 0.15) is 0 Å². The number of nitrogens with zero attached hydrogens (tertiary/aromatic N) is 2. The number of carboxylic acid groups (broad SMARTS) is 1. The molecule has 2 rings (SSSR count). The Morgan fingerprint density at radius 1 is 1.33 bits per heavy atom. The van der Waals surface area contributed by atoms with Gasteiger partial charge in [0.05, 0.1) is 10.5 Å². The second-order valence-electron chi connectivity index (χ2n) is 4.62. The van der Waals surface area contributed by atoms with E-state index in [4.69, 9.17) is 5.11 Å². The van der Waals surface area contributed by atoms with Crippen molar-refractivity contribution in [3.8, 4) is 5.69 Å². The van der Waals surface area contributed by atoms with E-state index >= 15 is 0 Å². The molecule has 1 N–H and O–H groups in total. The van der Waals surface area contributed by atoms with Crippen molar-refractivity contribution in [1.82, 2.24) is 4.57 Å². The monoisotopic (exact) mass is 286 g/mol. The van der Waals surface area contributed by atoms with Crippen LogP contribution in [0.15, 0.2) is 36.5 Å². The van der Waals surface area contributed by atoms with Gasteiger partial charge in [-0.05, 0) is 38.1 Å². The highest BCUT2D eigenvalue weighted by molar-refractivity contribution is 5.88. The Balaban J connectivity index is 2.52. The number of aromatic nitrogens is 1. The quantitative estimate of drug-likeness (QED) is 0.691. The largest absolute Gasteiger partial charge is 0.478 e. The van der Waals surface area contributed by atoms with Gasteiger partial charge in [0.25, 0.3) is 0 Å². The van der Waals surface area contributed by atoms with Crippen molar-refractivity contribution in [3.05, 3.63) is 69.2 Å². The Labute approximate surface area is 121 Å². The number of rotatable bonds is 4. The van der Waals surface area contributed by atoms with Gasteiger partial charge in [-0.25, -0.2) is 4.79 Å². The van der Waals surface area contributed by atoms with E-state index in [2.05, 4.69) is 0 Å². The predicted octanol–water partition coefficient (Wildman–Crippen LogP) is 3.04. The van der Waals surface area contributed by atoms with Crippen LogP contribution in [-0.4, -0.2) is 20.6 Å². The molecule has 1 heterocycles. The van der Waals surface area contributed by atoms with E-state index in [9.17, 15) is 14.9 Å². The second kappa shape index (κ2) is 5.62. The highest BCUT2D eigenvalue weighted by Crippen LogP contribution is 2.22. The van der Waals surface area contributed by atoms with E-state index in [1.807, 2.05) is 24.5 Å². The summed E-state index contributed by atoms with van der Waals surface area (Å²) in [4.78, 5) is 20.9. The van der Waals surface area contributed by atoms with Gasteiger partial charge in [-0.1, -0.05) is 6.07 Å². The number of nitro groups is 1. The minimum absolute atomic E-state index is 0.197. The van der Waals surface area contributed by atoms with Crippen molar-refractivity contribution in [2.24, 2.45) is 0 Å². The van der Waals surface area contributed by atoms with Crippen LogP contribution in [0.5, 0.6) is 0 Å². The molecule has 6 heteroatoms. The maximum absolute atomic E-state index is 11.0. The van der Waals surface area contributed by atoms with Crippen LogP contribution in [0, 0.1) is 24.0 Å². The smallest absolute Gasteiger partial charge is 0.335 e. The SMILES string of the molecule is Cc1cc(/C=C/[N+](=O)[O-])c(C)n1-c1cccc(C(=O)O)c1. The molecule has 0 radical (unpaired) electrons.